The van der Waals surface area contributed by atoms with Crippen LogP contribution in [0.2, 0.25) is 0 Å². The number of aliphatic carboxylic acids is 1. The van der Waals surface area contributed by atoms with Gasteiger partial charge >= 0.3 is 5.97 Å². The summed E-state index contributed by atoms with van der Waals surface area (Å²) in [6.45, 7) is 0. The number of nitrogens with zero attached hydrogens (tertiary/aromatic N) is 1. The van der Waals surface area contributed by atoms with E-state index in [4.69, 9.17) is 5.11 Å². The average Bonchev–Trinajstić information content (AvgIpc) is 2.08. The second-order valence-electron chi connectivity index (χ2n) is 2.69. The molecule has 0 amide bonds. The van der Waals surface area contributed by atoms with Gasteiger partial charge in [0.15, 0.2) is 0 Å². The van der Waals surface area contributed by atoms with E-state index >= 15 is 0 Å². The first kappa shape index (κ1) is 12.5. The van der Waals surface area contributed by atoms with Crippen LogP contribution in [0.25, 0.3) is 0 Å². The monoisotopic (exact) mass is 343 g/mol. The molecule has 0 spiro atoms. The molecule has 3 nitrogen and oxygen atoms in total. The van der Waals surface area contributed by atoms with Crippen molar-refractivity contribution in [1.29, 1.82) is 0 Å². The van der Waals surface area contributed by atoms with Crippen molar-refractivity contribution in [3.05, 3.63) is 26.4 Å². The van der Waals surface area contributed by atoms with Gasteiger partial charge in [-0.1, -0.05) is 0 Å². The molecule has 0 aliphatic rings. The van der Waals surface area contributed by atoms with E-state index < -0.39 is 12.4 Å². The minimum atomic E-state index is -2.69. The highest BCUT2D eigenvalue weighted by Crippen LogP contribution is 2.29. The van der Waals surface area contributed by atoms with Gasteiger partial charge in [-0.15, -0.1) is 0 Å². The maximum Gasteiger partial charge on any atom is 0.307 e. The molecule has 0 aliphatic carbocycles. The summed E-state index contributed by atoms with van der Waals surface area (Å²) in [5, 5.41) is 8.54. The van der Waals surface area contributed by atoms with Gasteiger partial charge in [0, 0.05) is 0 Å². The smallest absolute Gasteiger partial charge is 0.307 e. The van der Waals surface area contributed by atoms with Gasteiger partial charge in [0.25, 0.3) is 6.43 Å². The van der Waals surface area contributed by atoms with Gasteiger partial charge in [0.1, 0.15) is 9.21 Å². The van der Waals surface area contributed by atoms with E-state index in [0.29, 0.717) is 0 Å². The molecule has 0 unspecified atom stereocenters. The molecule has 0 saturated carbocycles. The molecular weight excluding hydrogens is 340 g/mol. The Morgan fingerprint density at radius 3 is 2.53 bits per heavy atom. The van der Waals surface area contributed by atoms with Crippen LogP contribution < -0.4 is 0 Å². The lowest BCUT2D eigenvalue weighted by Crippen LogP contribution is -2.04. The summed E-state index contributed by atoms with van der Waals surface area (Å²) in [6, 6.07) is 1.12. The van der Waals surface area contributed by atoms with Crippen molar-refractivity contribution in [2.75, 3.05) is 0 Å². The Labute approximate surface area is 101 Å². The Morgan fingerprint density at radius 2 is 2.07 bits per heavy atom. The molecule has 0 saturated heterocycles. The highest BCUT2D eigenvalue weighted by molar-refractivity contribution is 9.11. The summed E-state index contributed by atoms with van der Waals surface area (Å²) >= 11 is 5.89. The molecule has 7 heteroatoms. The lowest BCUT2D eigenvalue weighted by Gasteiger charge is -2.07. The van der Waals surface area contributed by atoms with E-state index in [1.54, 1.807) is 0 Å². The van der Waals surface area contributed by atoms with Gasteiger partial charge < -0.3 is 5.11 Å². The Hall–Kier alpha value is -0.560. The molecule has 0 aliphatic heterocycles. The number of aromatic nitrogens is 1. The van der Waals surface area contributed by atoms with E-state index in [1.165, 1.54) is 0 Å². The maximum absolute atomic E-state index is 12.4. The number of hydrogen-bond acceptors (Lipinski definition) is 2. The summed E-state index contributed by atoms with van der Waals surface area (Å²) in [5.74, 6) is -1.10. The number of halogens is 4. The first-order chi connectivity index (χ1) is 6.91. The Balaban J connectivity index is 3.17. The third kappa shape index (κ3) is 3.20. The standard InChI is InChI=1S/C8H5Br2F2NO2/c9-6-3(2-5(14)15)1-4(8(11)12)7(10)13-6/h1,8H,2H2,(H,14,15). The maximum atomic E-state index is 12.4. The highest BCUT2D eigenvalue weighted by Gasteiger charge is 2.17. The van der Waals surface area contributed by atoms with Gasteiger partial charge in [-0.3, -0.25) is 4.79 Å². The van der Waals surface area contributed by atoms with E-state index in [9.17, 15) is 13.6 Å². The predicted octanol–water partition coefficient (Wildman–Crippen LogP) is 3.17. The van der Waals surface area contributed by atoms with Crippen molar-refractivity contribution in [3.63, 3.8) is 0 Å². The molecule has 0 radical (unpaired) electrons. The van der Waals surface area contributed by atoms with Gasteiger partial charge in [-0.25, -0.2) is 13.8 Å². The van der Waals surface area contributed by atoms with E-state index in [-0.39, 0.29) is 26.8 Å². The number of carboxylic acid groups (broad SMARTS) is 1. The Kier molecular flexibility index (Phi) is 4.15. The zero-order valence-electron chi connectivity index (χ0n) is 7.18. The number of carbonyl (C=O) groups is 1. The lowest BCUT2D eigenvalue weighted by atomic mass is 10.1. The fraction of sp³-hybridized carbons (Fsp3) is 0.250. The van der Waals surface area contributed by atoms with Crippen LogP contribution in [0.4, 0.5) is 8.78 Å². The van der Waals surface area contributed by atoms with Crippen molar-refractivity contribution in [1.82, 2.24) is 4.98 Å². The molecule has 1 N–H and O–H groups in total. The molecule has 82 valence electrons. The van der Waals surface area contributed by atoms with Gasteiger partial charge in [0.05, 0.1) is 12.0 Å². The zero-order valence-corrected chi connectivity index (χ0v) is 10.3. The molecule has 0 atom stereocenters. The lowest BCUT2D eigenvalue weighted by molar-refractivity contribution is -0.136. The van der Waals surface area contributed by atoms with Crippen molar-refractivity contribution in [3.8, 4) is 0 Å². The second-order valence-corrected chi connectivity index (χ2v) is 4.19. The molecular formula is C8H5Br2F2NO2. The van der Waals surface area contributed by atoms with Crippen molar-refractivity contribution >= 4 is 37.8 Å². The van der Waals surface area contributed by atoms with Crippen molar-refractivity contribution in [2.45, 2.75) is 12.8 Å². The molecule has 0 aromatic carbocycles. The summed E-state index contributed by atoms with van der Waals surface area (Å²) in [4.78, 5) is 14.2. The van der Waals surface area contributed by atoms with Gasteiger partial charge in [-0.2, -0.15) is 0 Å². The number of rotatable bonds is 3. The van der Waals surface area contributed by atoms with Crippen LogP contribution in [0.15, 0.2) is 15.3 Å². The summed E-state index contributed by atoms with van der Waals surface area (Å²) in [7, 11) is 0. The normalized spacial score (nSPS) is 10.7. The highest BCUT2D eigenvalue weighted by atomic mass is 79.9. The van der Waals surface area contributed by atoms with Gasteiger partial charge in [0.2, 0.25) is 0 Å². The Morgan fingerprint density at radius 1 is 1.47 bits per heavy atom. The minimum absolute atomic E-state index is 0.0125. The summed E-state index contributed by atoms with van der Waals surface area (Å²) in [6.07, 6.45) is -3.03. The van der Waals surface area contributed by atoms with Crippen LogP contribution in [0, 0.1) is 0 Å². The number of carboxylic acids is 1. The number of pyridine rings is 1. The van der Waals surface area contributed by atoms with E-state index in [1.807, 2.05) is 0 Å². The fourth-order valence-electron chi connectivity index (χ4n) is 0.969. The molecule has 15 heavy (non-hydrogen) atoms. The average molecular weight is 345 g/mol. The second kappa shape index (κ2) is 4.98. The molecule has 1 aromatic heterocycles. The summed E-state index contributed by atoms with van der Waals surface area (Å²) < 4.78 is 25.2. The van der Waals surface area contributed by atoms with E-state index in [2.05, 4.69) is 36.8 Å². The molecule has 1 aromatic rings. The summed E-state index contributed by atoms with van der Waals surface area (Å²) in [5.41, 5.74) is -0.0875. The Bertz CT molecular complexity index is 398. The third-order valence-electron chi connectivity index (χ3n) is 1.61. The molecule has 0 bridgehead atoms. The van der Waals surface area contributed by atoms with Crippen molar-refractivity contribution in [2.24, 2.45) is 0 Å². The van der Waals surface area contributed by atoms with Crippen LogP contribution in [-0.2, 0) is 11.2 Å². The minimum Gasteiger partial charge on any atom is -0.481 e. The fourth-order valence-corrected chi connectivity index (χ4v) is 2.10. The number of hydrogen-bond donors (Lipinski definition) is 1. The van der Waals surface area contributed by atoms with Gasteiger partial charge in [-0.05, 0) is 43.5 Å². The largest absolute Gasteiger partial charge is 0.481 e. The topological polar surface area (TPSA) is 50.2 Å². The molecule has 1 heterocycles. The predicted molar refractivity (Wildman–Crippen MR) is 55.9 cm³/mol. The van der Waals surface area contributed by atoms with E-state index in [0.717, 1.165) is 6.07 Å². The first-order valence-corrected chi connectivity index (χ1v) is 5.35. The van der Waals surface area contributed by atoms with Crippen molar-refractivity contribution < 1.29 is 18.7 Å². The van der Waals surface area contributed by atoms with Crippen LogP contribution in [0.3, 0.4) is 0 Å². The van der Waals surface area contributed by atoms with Crippen LogP contribution in [0.5, 0.6) is 0 Å². The van der Waals surface area contributed by atoms with Crippen LogP contribution >= 0.6 is 31.9 Å². The van der Waals surface area contributed by atoms with Crippen LogP contribution in [-0.4, -0.2) is 16.1 Å². The van der Waals surface area contributed by atoms with Crippen LogP contribution in [0.1, 0.15) is 17.6 Å². The molecule has 1 rings (SSSR count). The SMILES string of the molecule is O=C(O)Cc1cc(C(F)F)c(Br)nc1Br. The molecule has 0 fully saturated rings. The zero-order chi connectivity index (χ0) is 11.6. The first-order valence-electron chi connectivity index (χ1n) is 3.76. The number of alkyl halides is 2. The quantitative estimate of drug-likeness (QED) is 0.857. The third-order valence-corrected chi connectivity index (χ3v) is 2.93.